The number of piperidine rings is 1. The first kappa shape index (κ1) is 24.4. The van der Waals surface area contributed by atoms with Crippen molar-refractivity contribution in [2.45, 2.75) is 31.6 Å². The molecule has 2 amide bonds. The van der Waals surface area contributed by atoms with Gasteiger partial charge in [0.25, 0.3) is 5.91 Å². The number of carbonyl (C=O) groups excluding carboxylic acids is 2. The highest BCUT2D eigenvalue weighted by Gasteiger charge is 2.30. The molecule has 0 saturated carbocycles. The molecule has 9 nitrogen and oxygen atoms in total. The van der Waals surface area contributed by atoms with Gasteiger partial charge in [-0.3, -0.25) is 9.59 Å². The van der Waals surface area contributed by atoms with Gasteiger partial charge in [0.15, 0.2) is 0 Å². The lowest BCUT2D eigenvalue weighted by atomic mass is 9.91. The van der Waals surface area contributed by atoms with Crippen molar-refractivity contribution >= 4 is 21.8 Å². The molecule has 0 spiro atoms. The first-order chi connectivity index (χ1) is 13.9. The van der Waals surface area contributed by atoms with Crippen LogP contribution in [0, 0.1) is 11.3 Å². The van der Waals surface area contributed by atoms with Crippen molar-refractivity contribution < 1.29 is 18.0 Å². The van der Waals surface area contributed by atoms with Crippen LogP contribution in [0.2, 0.25) is 0 Å². The fraction of sp³-hybridized carbons (Fsp3) is 0.700. The third-order valence-electron chi connectivity index (χ3n) is 5.42. The minimum Gasteiger partial charge on any atom is -0.355 e. The van der Waals surface area contributed by atoms with Gasteiger partial charge in [0, 0.05) is 45.3 Å². The Balaban J connectivity index is 1.93. The highest BCUT2D eigenvalue weighted by molar-refractivity contribution is 7.89. The van der Waals surface area contributed by atoms with Gasteiger partial charge in [0.2, 0.25) is 15.9 Å². The van der Waals surface area contributed by atoms with Crippen LogP contribution >= 0.6 is 0 Å². The zero-order valence-corrected chi connectivity index (χ0v) is 19.7. The molecule has 30 heavy (non-hydrogen) atoms. The van der Waals surface area contributed by atoms with Crippen LogP contribution in [0.1, 0.15) is 37.2 Å². The second kappa shape index (κ2) is 9.49. The molecular formula is C20H35N5O4S. The quantitative estimate of drug-likeness (QED) is 0.611. The van der Waals surface area contributed by atoms with Gasteiger partial charge < -0.3 is 19.7 Å². The lowest BCUT2D eigenvalue weighted by molar-refractivity contribution is -0.126. The predicted molar refractivity (Wildman–Crippen MR) is 116 cm³/mol. The van der Waals surface area contributed by atoms with E-state index >= 15 is 0 Å². The molecule has 2 N–H and O–H groups in total. The van der Waals surface area contributed by atoms with Crippen LogP contribution in [-0.4, -0.2) is 81.9 Å². The second-order valence-electron chi connectivity index (χ2n) is 9.07. The van der Waals surface area contributed by atoms with Crippen molar-refractivity contribution in [1.82, 2.24) is 24.4 Å². The number of hydrogen-bond acceptors (Lipinski definition) is 5. The fourth-order valence-corrected chi connectivity index (χ4v) is 4.70. The van der Waals surface area contributed by atoms with Crippen molar-refractivity contribution in [2.24, 2.45) is 18.4 Å². The first-order valence-electron chi connectivity index (χ1n) is 10.2. The topological polar surface area (TPSA) is 104 Å². The highest BCUT2D eigenvalue weighted by Crippen LogP contribution is 2.22. The molecule has 0 aliphatic carbocycles. The highest BCUT2D eigenvalue weighted by atomic mass is 32.2. The van der Waals surface area contributed by atoms with Gasteiger partial charge in [-0.25, -0.2) is 13.1 Å². The van der Waals surface area contributed by atoms with Gasteiger partial charge in [-0.05, 0) is 45.5 Å². The zero-order valence-electron chi connectivity index (χ0n) is 18.9. The lowest BCUT2D eigenvalue weighted by Crippen LogP contribution is -2.46. The molecule has 0 unspecified atom stereocenters. The SMILES string of the molecule is CNS(=O)(=O)c1cc(C(=O)N2CCC(C(=O)NCC(C)(C)CN(C)C)CC2)n(C)c1. The van der Waals surface area contributed by atoms with Gasteiger partial charge in [0.1, 0.15) is 10.6 Å². The number of sulfonamides is 1. The molecule has 0 bridgehead atoms. The molecule has 170 valence electrons. The maximum atomic E-state index is 12.9. The van der Waals surface area contributed by atoms with Gasteiger partial charge >= 0.3 is 0 Å². The number of aromatic nitrogens is 1. The number of rotatable bonds is 8. The summed E-state index contributed by atoms with van der Waals surface area (Å²) in [5, 5.41) is 3.06. The molecule has 2 heterocycles. The van der Waals surface area contributed by atoms with E-state index in [0.29, 0.717) is 38.2 Å². The van der Waals surface area contributed by atoms with Gasteiger partial charge in [-0.15, -0.1) is 0 Å². The van der Waals surface area contributed by atoms with E-state index in [1.807, 2.05) is 14.1 Å². The minimum atomic E-state index is -3.61. The van der Waals surface area contributed by atoms with E-state index in [4.69, 9.17) is 0 Å². The van der Waals surface area contributed by atoms with Gasteiger partial charge in [-0.1, -0.05) is 13.8 Å². The minimum absolute atomic E-state index is 0.0201. The Morgan fingerprint density at radius 1 is 1.23 bits per heavy atom. The third kappa shape index (κ3) is 6.05. The molecule has 2 rings (SSSR count). The Hall–Kier alpha value is -1.91. The normalized spacial score (nSPS) is 16.2. The molecule has 0 radical (unpaired) electrons. The molecule has 1 aromatic heterocycles. The summed E-state index contributed by atoms with van der Waals surface area (Å²) >= 11 is 0. The van der Waals surface area contributed by atoms with Crippen LogP contribution in [0.15, 0.2) is 17.2 Å². The Bertz CT molecular complexity index is 868. The first-order valence-corrected chi connectivity index (χ1v) is 11.7. The second-order valence-corrected chi connectivity index (χ2v) is 11.0. The summed E-state index contributed by atoms with van der Waals surface area (Å²) in [6, 6.07) is 1.39. The number of nitrogens with one attached hydrogen (secondary N) is 2. The van der Waals surface area contributed by atoms with Crippen molar-refractivity contribution in [1.29, 1.82) is 0 Å². The molecule has 1 aliphatic heterocycles. The van der Waals surface area contributed by atoms with Crippen molar-refractivity contribution in [3.8, 4) is 0 Å². The van der Waals surface area contributed by atoms with Crippen LogP contribution in [0.4, 0.5) is 0 Å². The van der Waals surface area contributed by atoms with Crippen LogP contribution in [0.3, 0.4) is 0 Å². The molecule has 1 saturated heterocycles. The third-order valence-corrected chi connectivity index (χ3v) is 6.80. The lowest BCUT2D eigenvalue weighted by Gasteiger charge is -2.33. The smallest absolute Gasteiger partial charge is 0.270 e. The zero-order chi connectivity index (χ0) is 22.7. The standard InChI is InChI=1S/C20H35N5O4S/c1-20(2,14-23(4)5)13-22-18(26)15-7-9-25(10-8-15)19(27)17-11-16(12-24(17)6)30(28,29)21-3/h11-12,15,21H,7-10,13-14H2,1-6H3,(H,22,26). The summed E-state index contributed by atoms with van der Waals surface area (Å²) in [4.78, 5) is 29.3. The largest absolute Gasteiger partial charge is 0.355 e. The molecule has 0 aromatic carbocycles. The summed E-state index contributed by atoms with van der Waals surface area (Å²) in [5.41, 5.74) is 0.297. The van der Waals surface area contributed by atoms with Crippen LogP contribution in [0.5, 0.6) is 0 Å². The number of hydrogen-bond donors (Lipinski definition) is 2. The maximum Gasteiger partial charge on any atom is 0.270 e. The van der Waals surface area contributed by atoms with Crippen molar-refractivity contribution in [3.05, 3.63) is 18.0 Å². The van der Waals surface area contributed by atoms with Crippen molar-refractivity contribution in [2.75, 3.05) is 47.3 Å². The van der Waals surface area contributed by atoms with Gasteiger partial charge in [0.05, 0.1) is 0 Å². The summed E-state index contributed by atoms with van der Waals surface area (Å²) < 4.78 is 27.7. The van der Waals surface area contributed by atoms with E-state index in [2.05, 4.69) is 28.8 Å². The molecule has 1 aliphatic rings. The number of aryl methyl sites for hydroxylation is 1. The van der Waals surface area contributed by atoms with E-state index in [-0.39, 0.29) is 28.0 Å². The molecular weight excluding hydrogens is 406 g/mol. The summed E-state index contributed by atoms with van der Waals surface area (Å²) in [5.74, 6) is -0.297. The number of carbonyl (C=O) groups is 2. The average Bonchev–Trinajstić information content (AvgIpc) is 3.07. The van der Waals surface area contributed by atoms with Crippen molar-refractivity contribution in [3.63, 3.8) is 0 Å². The van der Waals surface area contributed by atoms with Crippen LogP contribution < -0.4 is 10.0 Å². The number of likely N-dealkylation sites (tertiary alicyclic amines) is 1. The Labute approximate surface area is 179 Å². The Kier molecular flexibility index (Phi) is 7.70. The molecule has 1 fully saturated rings. The monoisotopic (exact) mass is 441 g/mol. The number of amides is 2. The van der Waals surface area contributed by atoms with Crippen LogP contribution in [-0.2, 0) is 21.9 Å². The van der Waals surface area contributed by atoms with E-state index in [0.717, 1.165) is 6.54 Å². The molecule has 1 aromatic rings. The van der Waals surface area contributed by atoms with Gasteiger partial charge in [-0.2, -0.15) is 0 Å². The Morgan fingerprint density at radius 2 is 1.83 bits per heavy atom. The fourth-order valence-electron chi connectivity index (χ4n) is 3.90. The van der Waals surface area contributed by atoms with E-state index < -0.39 is 10.0 Å². The van der Waals surface area contributed by atoms with Crippen LogP contribution in [0.25, 0.3) is 0 Å². The predicted octanol–water partition coefficient (Wildman–Crippen LogP) is 0.489. The van der Waals surface area contributed by atoms with E-state index in [1.165, 1.54) is 23.9 Å². The number of nitrogens with zero attached hydrogens (tertiary/aromatic N) is 3. The summed E-state index contributed by atoms with van der Waals surface area (Å²) in [7, 11) is 3.41. The molecule has 0 atom stereocenters. The summed E-state index contributed by atoms with van der Waals surface area (Å²) in [6.07, 6.45) is 2.62. The molecule has 10 heteroatoms. The summed E-state index contributed by atoms with van der Waals surface area (Å²) in [6.45, 7) is 6.67. The maximum absolute atomic E-state index is 12.9. The Morgan fingerprint density at radius 3 is 2.37 bits per heavy atom. The van der Waals surface area contributed by atoms with E-state index in [9.17, 15) is 18.0 Å². The van der Waals surface area contributed by atoms with E-state index in [1.54, 1.807) is 11.9 Å². The average molecular weight is 442 g/mol.